The molecule has 3 aliphatic heterocycles. The van der Waals surface area contributed by atoms with Crippen LogP contribution in [-0.2, 0) is 32.2 Å². The molecule has 11 heteroatoms. The Morgan fingerprint density at radius 1 is 0.630 bits per heavy atom. The van der Waals surface area contributed by atoms with Crippen LogP contribution in [0, 0.1) is 41.4 Å². The second kappa shape index (κ2) is 22.4. The lowest BCUT2D eigenvalue weighted by molar-refractivity contribution is -0.139. The van der Waals surface area contributed by atoms with Crippen LogP contribution in [0.5, 0.6) is 0 Å². The van der Waals surface area contributed by atoms with Crippen molar-refractivity contribution >= 4 is 17.7 Å². The Labute approximate surface area is 326 Å². The van der Waals surface area contributed by atoms with Gasteiger partial charge >= 0.3 is 0 Å². The maximum atomic E-state index is 12.6. The lowest BCUT2D eigenvalue weighted by Crippen LogP contribution is -2.45. The zero-order valence-corrected chi connectivity index (χ0v) is 34.8. The first-order valence-electron chi connectivity index (χ1n) is 21.2. The van der Waals surface area contributed by atoms with Gasteiger partial charge < -0.3 is 28.6 Å². The zero-order chi connectivity index (χ0) is 39.0. The molecule has 6 rings (SSSR count). The third kappa shape index (κ3) is 13.8. The summed E-state index contributed by atoms with van der Waals surface area (Å²) in [4.78, 5) is 51.0. The smallest absolute Gasteiger partial charge is 0.242 e. The van der Waals surface area contributed by atoms with E-state index >= 15 is 0 Å². The summed E-state index contributed by atoms with van der Waals surface area (Å²) in [6.45, 7) is 20.4. The Morgan fingerprint density at radius 2 is 1.09 bits per heavy atom. The topological polar surface area (TPSA) is 106 Å². The van der Waals surface area contributed by atoms with E-state index in [1.54, 1.807) is 32.2 Å². The second-order valence-corrected chi connectivity index (χ2v) is 17.4. The van der Waals surface area contributed by atoms with E-state index in [0.717, 1.165) is 84.3 Å². The SMILES string of the molecule is CC(C)[C@@H]1CCCN(C(=O)CCn2ccnc2)C1.CC(C)[C@@H]1CCCN(C(=O)Cn2ccnc2)C1.COC1CCC(C(=O)N2CCC[C@@H](C(C)C)C2)CC1. The second-order valence-electron chi connectivity index (χ2n) is 17.4. The normalized spacial score (nSPS) is 24.9. The number of carbonyl (C=O) groups is 3. The predicted molar refractivity (Wildman–Crippen MR) is 214 cm³/mol. The number of methoxy groups -OCH3 is 1. The average molecular weight is 752 g/mol. The van der Waals surface area contributed by atoms with Gasteiger partial charge in [0.1, 0.15) is 6.54 Å². The van der Waals surface area contributed by atoms with Crippen molar-refractivity contribution in [1.82, 2.24) is 33.8 Å². The van der Waals surface area contributed by atoms with Gasteiger partial charge in [0.25, 0.3) is 0 Å². The number of hydrogen-bond donors (Lipinski definition) is 0. The number of ether oxygens (including phenoxy) is 1. The number of imidazole rings is 2. The minimum absolute atomic E-state index is 0.216. The first kappa shape index (κ1) is 43.5. The molecule has 5 heterocycles. The summed E-state index contributed by atoms with van der Waals surface area (Å²) in [5, 5.41) is 0. The first-order chi connectivity index (χ1) is 25.9. The van der Waals surface area contributed by atoms with Gasteiger partial charge in [-0.1, -0.05) is 41.5 Å². The fourth-order valence-corrected chi connectivity index (χ4v) is 8.56. The van der Waals surface area contributed by atoms with Crippen molar-refractivity contribution in [2.75, 3.05) is 46.4 Å². The van der Waals surface area contributed by atoms with E-state index in [4.69, 9.17) is 4.74 Å². The molecule has 54 heavy (non-hydrogen) atoms. The number of hydrogen-bond acceptors (Lipinski definition) is 6. The molecule has 3 amide bonds. The average Bonchev–Trinajstić information content (AvgIpc) is 3.92. The Morgan fingerprint density at radius 3 is 1.56 bits per heavy atom. The van der Waals surface area contributed by atoms with E-state index in [1.165, 1.54) is 25.7 Å². The third-order valence-corrected chi connectivity index (χ3v) is 12.6. The van der Waals surface area contributed by atoms with Crippen molar-refractivity contribution in [3.05, 3.63) is 37.4 Å². The van der Waals surface area contributed by atoms with Crippen molar-refractivity contribution in [3.8, 4) is 0 Å². The number of likely N-dealkylation sites (tertiary alicyclic amines) is 3. The highest BCUT2D eigenvalue weighted by Gasteiger charge is 2.33. The summed E-state index contributed by atoms with van der Waals surface area (Å²) in [6.07, 6.45) is 23.0. The molecule has 4 fully saturated rings. The summed E-state index contributed by atoms with van der Waals surface area (Å²) in [7, 11) is 1.78. The molecule has 1 saturated carbocycles. The first-order valence-corrected chi connectivity index (χ1v) is 21.2. The number of amides is 3. The van der Waals surface area contributed by atoms with Gasteiger partial charge in [-0.25, -0.2) is 9.97 Å². The molecule has 0 radical (unpaired) electrons. The number of aromatic nitrogens is 4. The molecular weight excluding hydrogens is 679 g/mol. The zero-order valence-electron chi connectivity index (χ0n) is 34.8. The minimum Gasteiger partial charge on any atom is -0.381 e. The van der Waals surface area contributed by atoms with Crippen LogP contribution in [0.15, 0.2) is 37.4 Å². The molecule has 304 valence electrons. The number of nitrogens with zero attached hydrogens (tertiary/aromatic N) is 7. The van der Waals surface area contributed by atoms with E-state index in [0.29, 0.717) is 60.5 Å². The van der Waals surface area contributed by atoms with Crippen LogP contribution < -0.4 is 0 Å². The number of rotatable bonds is 10. The molecule has 2 aromatic heterocycles. The molecule has 0 bridgehead atoms. The van der Waals surface area contributed by atoms with Crippen LogP contribution in [0.25, 0.3) is 0 Å². The van der Waals surface area contributed by atoms with Gasteiger partial charge in [-0.2, -0.15) is 0 Å². The van der Waals surface area contributed by atoms with Crippen LogP contribution in [0.3, 0.4) is 0 Å². The van der Waals surface area contributed by atoms with Crippen molar-refractivity contribution in [3.63, 3.8) is 0 Å². The number of aryl methyl sites for hydroxylation is 1. The van der Waals surface area contributed by atoms with Crippen molar-refractivity contribution in [1.29, 1.82) is 0 Å². The summed E-state index contributed by atoms with van der Waals surface area (Å²) >= 11 is 0. The summed E-state index contributed by atoms with van der Waals surface area (Å²) in [5.41, 5.74) is 0. The molecule has 0 unspecified atom stereocenters. The van der Waals surface area contributed by atoms with Gasteiger partial charge in [-0.3, -0.25) is 14.4 Å². The lowest BCUT2D eigenvalue weighted by atomic mass is 9.84. The van der Waals surface area contributed by atoms with E-state index in [-0.39, 0.29) is 17.7 Å². The largest absolute Gasteiger partial charge is 0.381 e. The summed E-state index contributed by atoms with van der Waals surface area (Å²) in [6, 6.07) is 0. The Bertz CT molecular complexity index is 1350. The van der Waals surface area contributed by atoms with E-state index < -0.39 is 0 Å². The molecule has 2 aromatic rings. The number of carbonyl (C=O) groups excluding carboxylic acids is 3. The number of piperidine rings is 3. The monoisotopic (exact) mass is 752 g/mol. The van der Waals surface area contributed by atoms with Crippen molar-refractivity contribution < 1.29 is 19.1 Å². The van der Waals surface area contributed by atoms with Crippen LogP contribution in [0.4, 0.5) is 0 Å². The van der Waals surface area contributed by atoms with Gasteiger partial charge in [0, 0.05) is 90.0 Å². The molecular formula is C43H73N7O4. The summed E-state index contributed by atoms with van der Waals surface area (Å²) < 4.78 is 9.18. The predicted octanol–water partition coefficient (Wildman–Crippen LogP) is 7.03. The van der Waals surface area contributed by atoms with E-state index in [9.17, 15) is 14.4 Å². The van der Waals surface area contributed by atoms with Crippen LogP contribution in [0.2, 0.25) is 0 Å². The molecule has 0 N–H and O–H groups in total. The molecule has 0 aromatic carbocycles. The van der Waals surface area contributed by atoms with Crippen LogP contribution in [-0.4, -0.2) is 104 Å². The highest BCUT2D eigenvalue weighted by molar-refractivity contribution is 5.79. The van der Waals surface area contributed by atoms with Crippen LogP contribution in [0.1, 0.15) is 112 Å². The Kier molecular flexibility index (Phi) is 18.0. The molecule has 11 nitrogen and oxygen atoms in total. The van der Waals surface area contributed by atoms with E-state index in [1.807, 2.05) is 31.3 Å². The maximum Gasteiger partial charge on any atom is 0.242 e. The van der Waals surface area contributed by atoms with Crippen LogP contribution >= 0.6 is 0 Å². The van der Waals surface area contributed by atoms with Gasteiger partial charge in [0.2, 0.25) is 17.7 Å². The molecule has 3 atom stereocenters. The summed E-state index contributed by atoms with van der Waals surface area (Å²) in [5.74, 6) is 5.26. The standard InChI is InChI=1S/C16H29NO2.C14H23N3O.C13H21N3O/c1-12(2)14-5-4-10-17(11-14)16(18)13-6-8-15(19-3)9-7-13;1-12(2)13-4-3-7-17(10-13)14(18)5-8-16-9-6-15-11-16;1-11(2)12-4-3-6-16(8-12)13(17)9-15-7-5-14-10-15/h12-15H,4-11H2,1-3H3;6,9,11-13H,3-5,7-8,10H2,1-2H3;5,7,10-12H,3-4,6,8-9H2,1-2H3/t13?,14-,15?;13-;12-/m111/s1. The van der Waals surface area contributed by atoms with Gasteiger partial charge in [0.05, 0.1) is 18.8 Å². The van der Waals surface area contributed by atoms with E-state index in [2.05, 4.69) is 56.4 Å². The van der Waals surface area contributed by atoms with Crippen molar-refractivity contribution in [2.45, 2.75) is 131 Å². The quantitative estimate of drug-likeness (QED) is 0.258. The van der Waals surface area contributed by atoms with Gasteiger partial charge in [-0.05, 0) is 99.7 Å². The Hall–Kier alpha value is -3.21. The highest BCUT2D eigenvalue weighted by Crippen LogP contribution is 2.31. The molecule has 4 aliphatic rings. The van der Waals surface area contributed by atoms with Crippen molar-refractivity contribution in [2.24, 2.45) is 41.4 Å². The minimum atomic E-state index is 0.216. The lowest BCUT2D eigenvalue weighted by Gasteiger charge is -2.38. The highest BCUT2D eigenvalue weighted by atomic mass is 16.5. The van der Waals surface area contributed by atoms with Gasteiger partial charge in [-0.15, -0.1) is 0 Å². The fourth-order valence-electron chi connectivity index (χ4n) is 8.56. The Balaban J connectivity index is 0.000000181. The molecule has 1 aliphatic carbocycles. The fraction of sp³-hybridized carbons (Fsp3) is 0.791. The third-order valence-electron chi connectivity index (χ3n) is 12.6. The molecule has 3 saturated heterocycles. The van der Waals surface area contributed by atoms with Gasteiger partial charge in [0.15, 0.2) is 0 Å². The maximum absolute atomic E-state index is 12.6. The molecule has 0 spiro atoms.